The number of nitrogens with zero attached hydrogens (tertiary/aromatic N) is 1. The molecular weight excluding hydrogens is 425 g/mol. The quantitative estimate of drug-likeness (QED) is 0.453. The summed E-state index contributed by atoms with van der Waals surface area (Å²) in [5, 5.41) is 1.40. The highest BCUT2D eigenvalue weighted by Gasteiger charge is 2.44. The molecule has 1 aliphatic rings. The zero-order valence-corrected chi connectivity index (χ0v) is 14.7. The Hall–Kier alpha value is -3.44. The van der Waals surface area contributed by atoms with Gasteiger partial charge in [0.05, 0.1) is 11.1 Å². The second kappa shape index (κ2) is 7.11. The molecule has 1 heterocycles. The van der Waals surface area contributed by atoms with Crippen LogP contribution in [0, 0.1) is 23.3 Å². The molecular formula is C18H9F7N2O3. The molecule has 1 atom stereocenters. The first-order chi connectivity index (χ1) is 13.9. The predicted molar refractivity (Wildman–Crippen MR) is 86.3 cm³/mol. The van der Waals surface area contributed by atoms with Crippen LogP contribution >= 0.6 is 0 Å². The van der Waals surface area contributed by atoms with Crippen molar-refractivity contribution < 1.29 is 45.1 Å². The lowest BCUT2D eigenvalue weighted by atomic mass is 10.1. The molecule has 0 bridgehead atoms. The fourth-order valence-electron chi connectivity index (χ4n) is 2.89. The summed E-state index contributed by atoms with van der Waals surface area (Å²) in [5.74, 6) is -13.8. The van der Waals surface area contributed by atoms with Crippen LogP contribution in [0.2, 0.25) is 0 Å². The molecule has 3 amide bonds. The van der Waals surface area contributed by atoms with Gasteiger partial charge in [0.15, 0.2) is 23.3 Å². The van der Waals surface area contributed by atoms with E-state index in [1.165, 1.54) is 29.6 Å². The molecule has 5 nitrogen and oxygen atoms in total. The van der Waals surface area contributed by atoms with Gasteiger partial charge in [-0.2, -0.15) is 13.2 Å². The maximum atomic E-state index is 14.0. The number of amides is 3. The van der Waals surface area contributed by atoms with Gasteiger partial charge < -0.3 is 5.32 Å². The van der Waals surface area contributed by atoms with Gasteiger partial charge in [0, 0.05) is 0 Å². The Kier molecular flexibility index (Phi) is 5.04. The number of hydrogen-bond acceptors (Lipinski definition) is 3. The number of carbonyl (C=O) groups is 3. The Morgan fingerprint density at radius 2 is 1.33 bits per heavy atom. The Morgan fingerprint density at radius 1 is 0.900 bits per heavy atom. The van der Waals surface area contributed by atoms with Gasteiger partial charge in [-0.25, -0.2) is 17.6 Å². The fraction of sp³-hybridized carbons (Fsp3) is 0.167. The highest BCUT2D eigenvalue weighted by molar-refractivity contribution is 6.23. The molecule has 12 heteroatoms. The van der Waals surface area contributed by atoms with Crippen LogP contribution < -0.4 is 5.32 Å². The van der Waals surface area contributed by atoms with Gasteiger partial charge in [-0.15, -0.1) is 0 Å². The molecule has 0 unspecified atom stereocenters. The van der Waals surface area contributed by atoms with Crippen LogP contribution in [0.1, 0.15) is 33.2 Å². The van der Waals surface area contributed by atoms with Crippen molar-refractivity contribution in [2.75, 3.05) is 5.32 Å². The van der Waals surface area contributed by atoms with Crippen molar-refractivity contribution in [1.82, 2.24) is 4.90 Å². The molecule has 0 spiro atoms. The molecule has 1 aliphatic heterocycles. The summed E-state index contributed by atoms with van der Waals surface area (Å²) in [5.41, 5.74) is -4.73. The maximum absolute atomic E-state index is 14.0. The largest absolute Gasteiger partial charge is 0.422 e. The lowest BCUT2D eigenvalue weighted by Gasteiger charge is -2.22. The number of alkyl halides is 3. The number of hydrogen-bond donors (Lipinski definition) is 1. The number of carbonyl (C=O) groups excluding carboxylic acids is 3. The summed E-state index contributed by atoms with van der Waals surface area (Å²) in [7, 11) is 0. The summed E-state index contributed by atoms with van der Waals surface area (Å²) < 4.78 is 93.2. The SMILES string of the molecule is C[C@@H](C(=O)Nc1c(F)c(F)c(C(F)(F)F)c(F)c1F)N1C(=O)c2ccccc2C1=O. The maximum Gasteiger partial charge on any atom is 0.422 e. The van der Waals surface area contributed by atoms with Gasteiger partial charge in [0.1, 0.15) is 17.3 Å². The smallest absolute Gasteiger partial charge is 0.319 e. The molecule has 2 aromatic carbocycles. The minimum Gasteiger partial charge on any atom is -0.319 e. The van der Waals surface area contributed by atoms with Crippen LogP contribution in [0.3, 0.4) is 0 Å². The number of fused-ring (bicyclic) bond motifs is 1. The third kappa shape index (κ3) is 3.17. The third-order valence-electron chi connectivity index (χ3n) is 4.39. The minimum atomic E-state index is -5.74. The molecule has 0 saturated carbocycles. The van der Waals surface area contributed by atoms with Crippen molar-refractivity contribution in [2.45, 2.75) is 19.1 Å². The topological polar surface area (TPSA) is 66.5 Å². The molecule has 0 aliphatic carbocycles. The molecule has 0 aromatic heterocycles. The van der Waals surface area contributed by atoms with Crippen molar-refractivity contribution in [1.29, 1.82) is 0 Å². The first kappa shape index (κ1) is 21.3. The summed E-state index contributed by atoms with van der Waals surface area (Å²) in [4.78, 5) is 37.4. The molecule has 0 saturated heterocycles. The number of anilines is 1. The summed E-state index contributed by atoms with van der Waals surface area (Å²) in [6, 6.07) is 3.75. The van der Waals surface area contributed by atoms with Gasteiger partial charge in [0.2, 0.25) is 5.91 Å². The van der Waals surface area contributed by atoms with Crippen LogP contribution in [0.25, 0.3) is 0 Å². The van der Waals surface area contributed by atoms with E-state index in [1.807, 2.05) is 0 Å². The molecule has 158 valence electrons. The van der Waals surface area contributed by atoms with Crippen molar-refractivity contribution in [3.8, 4) is 0 Å². The molecule has 0 fully saturated rings. The Bertz CT molecular complexity index is 1030. The number of nitrogens with one attached hydrogen (secondary N) is 1. The molecule has 1 N–H and O–H groups in total. The van der Waals surface area contributed by atoms with E-state index in [0.717, 1.165) is 6.92 Å². The van der Waals surface area contributed by atoms with Gasteiger partial charge in [-0.05, 0) is 19.1 Å². The zero-order chi connectivity index (χ0) is 22.5. The highest BCUT2D eigenvalue weighted by atomic mass is 19.4. The van der Waals surface area contributed by atoms with Crippen molar-refractivity contribution >= 4 is 23.4 Å². The fourth-order valence-corrected chi connectivity index (χ4v) is 2.89. The molecule has 0 radical (unpaired) electrons. The van der Waals surface area contributed by atoms with E-state index in [9.17, 15) is 45.1 Å². The average molecular weight is 434 g/mol. The van der Waals surface area contributed by atoms with E-state index >= 15 is 0 Å². The Balaban J connectivity index is 1.94. The molecule has 2 aromatic rings. The number of benzene rings is 2. The lowest BCUT2D eigenvalue weighted by molar-refractivity contribution is -0.143. The van der Waals surface area contributed by atoms with Crippen LogP contribution in [-0.2, 0) is 11.0 Å². The van der Waals surface area contributed by atoms with Gasteiger partial charge >= 0.3 is 6.18 Å². The lowest BCUT2D eigenvalue weighted by Crippen LogP contribution is -2.45. The normalized spacial score (nSPS) is 14.7. The number of rotatable bonds is 3. The van der Waals surface area contributed by atoms with Crippen LogP contribution in [-0.4, -0.2) is 28.7 Å². The van der Waals surface area contributed by atoms with E-state index < -0.39 is 64.5 Å². The van der Waals surface area contributed by atoms with E-state index in [0.29, 0.717) is 4.90 Å². The van der Waals surface area contributed by atoms with E-state index in [4.69, 9.17) is 0 Å². The van der Waals surface area contributed by atoms with Crippen LogP contribution in [0.15, 0.2) is 24.3 Å². The van der Waals surface area contributed by atoms with E-state index in [2.05, 4.69) is 0 Å². The van der Waals surface area contributed by atoms with Crippen molar-refractivity contribution in [3.63, 3.8) is 0 Å². The summed E-state index contributed by atoms with van der Waals surface area (Å²) >= 11 is 0. The Labute approximate surface area is 163 Å². The first-order valence-corrected chi connectivity index (χ1v) is 8.08. The van der Waals surface area contributed by atoms with Crippen LogP contribution in [0.5, 0.6) is 0 Å². The zero-order valence-electron chi connectivity index (χ0n) is 14.7. The minimum absolute atomic E-state index is 0.0499. The molecule has 30 heavy (non-hydrogen) atoms. The van der Waals surface area contributed by atoms with Gasteiger partial charge in [-0.1, -0.05) is 12.1 Å². The third-order valence-corrected chi connectivity index (χ3v) is 4.39. The monoisotopic (exact) mass is 434 g/mol. The summed E-state index contributed by atoms with van der Waals surface area (Å²) in [6.07, 6.45) is -5.74. The van der Waals surface area contributed by atoms with Gasteiger partial charge in [0.25, 0.3) is 11.8 Å². The first-order valence-electron chi connectivity index (χ1n) is 8.08. The highest BCUT2D eigenvalue weighted by Crippen LogP contribution is 2.38. The van der Waals surface area contributed by atoms with Crippen molar-refractivity contribution in [3.05, 3.63) is 64.2 Å². The van der Waals surface area contributed by atoms with Crippen molar-refractivity contribution in [2.24, 2.45) is 0 Å². The molecule has 3 rings (SSSR count). The predicted octanol–water partition coefficient (Wildman–Crippen LogP) is 3.89. The number of imide groups is 1. The van der Waals surface area contributed by atoms with E-state index in [-0.39, 0.29) is 11.1 Å². The second-order valence-electron chi connectivity index (χ2n) is 6.19. The van der Waals surface area contributed by atoms with E-state index in [1.54, 1.807) is 0 Å². The van der Waals surface area contributed by atoms with Gasteiger partial charge in [-0.3, -0.25) is 19.3 Å². The summed E-state index contributed by atoms with van der Waals surface area (Å²) in [6.45, 7) is 0.976. The Morgan fingerprint density at radius 3 is 1.73 bits per heavy atom. The number of halogens is 7. The average Bonchev–Trinajstić information content (AvgIpc) is 2.93. The second-order valence-corrected chi connectivity index (χ2v) is 6.19. The standard InChI is InChI=1S/C18H9F7N2O3/c1-6(27-16(29)7-4-2-3-5-8(7)17(27)30)15(28)26-14-12(21)10(19)9(18(23,24)25)11(20)13(14)22/h2-6H,1H3,(H,26,28)/t6-/m0/s1. The van der Waals surface area contributed by atoms with Crippen LogP contribution in [0.4, 0.5) is 36.4 Å².